The molecule has 0 N–H and O–H groups in total. The van der Waals surface area contributed by atoms with Gasteiger partial charge in [0.05, 0.1) is 19.8 Å². The lowest BCUT2D eigenvalue weighted by Crippen LogP contribution is -2.46. The molecule has 0 aliphatic carbocycles. The maximum absolute atomic E-state index is 12.3. The Morgan fingerprint density at radius 2 is 1.29 bits per heavy atom. The van der Waals surface area contributed by atoms with Crippen molar-refractivity contribution in [1.29, 1.82) is 0 Å². The van der Waals surface area contributed by atoms with E-state index in [-0.39, 0.29) is 38.6 Å². The van der Waals surface area contributed by atoms with Crippen LogP contribution in [0.1, 0.15) is 47.5 Å². The molecule has 0 aliphatic heterocycles. The molecule has 0 amide bonds. The highest BCUT2D eigenvalue weighted by molar-refractivity contribution is 6.00. The molecule has 0 saturated carbocycles. The molecule has 21 heavy (non-hydrogen) atoms. The van der Waals surface area contributed by atoms with Crippen molar-refractivity contribution < 1.29 is 28.6 Å². The van der Waals surface area contributed by atoms with Crippen molar-refractivity contribution >= 4 is 17.9 Å². The van der Waals surface area contributed by atoms with E-state index in [1.165, 1.54) is 0 Å². The number of ether oxygens (including phenoxy) is 3. The minimum Gasteiger partial charge on any atom is -0.466 e. The van der Waals surface area contributed by atoms with E-state index in [1.807, 2.05) is 0 Å². The molecule has 0 spiro atoms. The van der Waals surface area contributed by atoms with Crippen molar-refractivity contribution in [2.75, 3.05) is 19.8 Å². The average Bonchev–Trinajstić information content (AvgIpc) is 2.40. The number of esters is 3. The normalized spacial score (nSPS) is 11.1. The van der Waals surface area contributed by atoms with Crippen LogP contribution in [-0.4, -0.2) is 37.7 Å². The van der Waals surface area contributed by atoms with Crippen LogP contribution in [0, 0.1) is 11.3 Å². The summed E-state index contributed by atoms with van der Waals surface area (Å²) in [6.07, 6.45) is -0.0230. The van der Waals surface area contributed by atoms with E-state index in [1.54, 1.807) is 34.6 Å². The van der Waals surface area contributed by atoms with Gasteiger partial charge in [0.25, 0.3) is 0 Å². The second-order valence-corrected chi connectivity index (χ2v) is 4.87. The lowest BCUT2D eigenvalue weighted by Gasteiger charge is -2.32. The fraction of sp³-hybridized carbons (Fsp3) is 0.800. The van der Waals surface area contributed by atoms with Gasteiger partial charge in [-0.2, -0.15) is 0 Å². The molecule has 0 rings (SSSR count). The molecule has 0 atom stereocenters. The quantitative estimate of drug-likeness (QED) is 0.369. The third-order valence-corrected chi connectivity index (χ3v) is 3.29. The Morgan fingerprint density at radius 1 is 0.857 bits per heavy atom. The van der Waals surface area contributed by atoms with Crippen LogP contribution in [0.5, 0.6) is 0 Å². The first-order valence-corrected chi connectivity index (χ1v) is 7.36. The molecule has 0 aromatic heterocycles. The number of hydrogen-bond donors (Lipinski definition) is 0. The maximum atomic E-state index is 12.3. The lowest BCUT2D eigenvalue weighted by atomic mass is 9.73. The zero-order valence-corrected chi connectivity index (χ0v) is 13.6. The average molecular weight is 302 g/mol. The Kier molecular flexibility index (Phi) is 8.66. The van der Waals surface area contributed by atoms with Gasteiger partial charge in [-0.3, -0.25) is 14.4 Å². The summed E-state index contributed by atoms with van der Waals surface area (Å²) in [5.41, 5.74) is -1.47. The van der Waals surface area contributed by atoms with E-state index in [2.05, 4.69) is 0 Å². The molecule has 0 bridgehead atoms. The Labute approximate surface area is 126 Å². The highest BCUT2D eigenvalue weighted by Gasteiger charge is 2.51. The zero-order valence-electron chi connectivity index (χ0n) is 13.6. The Bertz CT molecular complexity index is 343. The van der Waals surface area contributed by atoms with Gasteiger partial charge in [-0.1, -0.05) is 13.8 Å². The van der Waals surface area contributed by atoms with Crippen LogP contribution < -0.4 is 0 Å². The van der Waals surface area contributed by atoms with Crippen molar-refractivity contribution in [3.63, 3.8) is 0 Å². The van der Waals surface area contributed by atoms with Gasteiger partial charge in [-0.25, -0.2) is 0 Å². The molecule has 6 nitrogen and oxygen atoms in total. The highest BCUT2D eigenvalue weighted by atomic mass is 16.6. The van der Waals surface area contributed by atoms with E-state index in [4.69, 9.17) is 14.2 Å². The third kappa shape index (κ3) is 5.02. The van der Waals surface area contributed by atoms with Crippen molar-refractivity contribution in [3.8, 4) is 0 Å². The van der Waals surface area contributed by atoms with Crippen LogP contribution in [0.25, 0.3) is 0 Å². The van der Waals surface area contributed by atoms with Crippen molar-refractivity contribution in [2.24, 2.45) is 11.3 Å². The fourth-order valence-electron chi connectivity index (χ4n) is 2.10. The van der Waals surface area contributed by atoms with Gasteiger partial charge < -0.3 is 14.2 Å². The molecule has 0 saturated heterocycles. The molecule has 6 heteroatoms. The standard InChI is InChI=1S/C15H26O6/c1-6-19-12(16)9-10-15(11(4)5,13(17)20-7-2)14(18)21-8-3/h11H,6-10H2,1-5H3. The molecule has 0 unspecified atom stereocenters. The van der Waals surface area contributed by atoms with E-state index in [0.29, 0.717) is 0 Å². The Balaban J connectivity index is 5.32. The monoisotopic (exact) mass is 302 g/mol. The van der Waals surface area contributed by atoms with Crippen LogP contribution in [0.4, 0.5) is 0 Å². The molecular weight excluding hydrogens is 276 g/mol. The van der Waals surface area contributed by atoms with Crippen molar-refractivity contribution in [3.05, 3.63) is 0 Å². The predicted molar refractivity (Wildman–Crippen MR) is 76.4 cm³/mol. The number of carbonyl (C=O) groups is 3. The fourth-order valence-corrected chi connectivity index (χ4v) is 2.10. The number of carbonyl (C=O) groups excluding carboxylic acids is 3. The van der Waals surface area contributed by atoms with E-state index < -0.39 is 23.3 Å². The van der Waals surface area contributed by atoms with Crippen molar-refractivity contribution in [2.45, 2.75) is 47.5 Å². The van der Waals surface area contributed by atoms with Crippen LogP contribution in [0.2, 0.25) is 0 Å². The molecule has 0 aliphatic rings. The van der Waals surface area contributed by atoms with Gasteiger partial charge in [0, 0.05) is 6.42 Å². The Morgan fingerprint density at radius 3 is 1.62 bits per heavy atom. The summed E-state index contributed by atoms with van der Waals surface area (Å²) in [6.45, 7) is 9.08. The second kappa shape index (κ2) is 9.37. The van der Waals surface area contributed by atoms with E-state index >= 15 is 0 Å². The predicted octanol–water partition coefficient (Wildman–Crippen LogP) is 2.10. The minimum atomic E-state index is -1.47. The summed E-state index contributed by atoms with van der Waals surface area (Å²) in [6, 6.07) is 0. The summed E-state index contributed by atoms with van der Waals surface area (Å²) in [7, 11) is 0. The number of rotatable bonds is 9. The minimum absolute atomic E-state index is 0.0150. The summed E-state index contributed by atoms with van der Waals surface area (Å²) < 4.78 is 14.9. The van der Waals surface area contributed by atoms with Crippen LogP contribution in [0.15, 0.2) is 0 Å². The lowest BCUT2D eigenvalue weighted by molar-refractivity contribution is -0.177. The maximum Gasteiger partial charge on any atom is 0.323 e. The van der Waals surface area contributed by atoms with Gasteiger partial charge in [-0.15, -0.1) is 0 Å². The van der Waals surface area contributed by atoms with Gasteiger partial charge in [0.15, 0.2) is 5.41 Å². The topological polar surface area (TPSA) is 78.9 Å². The smallest absolute Gasteiger partial charge is 0.323 e. The summed E-state index contributed by atoms with van der Waals surface area (Å²) in [4.78, 5) is 36.2. The summed E-state index contributed by atoms with van der Waals surface area (Å²) in [5, 5.41) is 0. The molecule has 0 heterocycles. The molecule has 0 radical (unpaired) electrons. The first kappa shape index (κ1) is 19.4. The zero-order chi connectivity index (χ0) is 16.5. The third-order valence-electron chi connectivity index (χ3n) is 3.29. The van der Waals surface area contributed by atoms with E-state index in [9.17, 15) is 14.4 Å². The molecule has 0 fully saturated rings. The summed E-state index contributed by atoms with van der Waals surface area (Å²) >= 11 is 0. The highest BCUT2D eigenvalue weighted by Crippen LogP contribution is 2.36. The number of hydrogen-bond acceptors (Lipinski definition) is 6. The van der Waals surface area contributed by atoms with Gasteiger partial charge in [-0.05, 0) is 33.1 Å². The van der Waals surface area contributed by atoms with Gasteiger partial charge in [0.2, 0.25) is 0 Å². The largest absolute Gasteiger partial charge is 0.466 e. The molecule has 0 aromatic carbocycles. The van der Waals surface area contributed by atoms with Crippen LogP contribution >= 0.6 is 0 Å². The van der Waals surface area contributed by atoms with Crippen LogP contribution in [0.3, 0.4) is 0 Å². The molecule has 0 aromatic rings. The SMILES string of the molecule is CCOC(=O)CCC(C(=O)OCC)(C(=O)OCC)C(C)C. The first-order valence-electron chi connectivity index (χ1n) is 7.36. The van der Waals surface area contributed by atoms with Crippen molar-refractivity contribution in [1.82, 2.24) is 0 Å². The van der Waals surface area contributed by atoms with Gasteiger partial charge in [0.1, 0.15) is 0 Å². The van der Waals surface area contributed by atoms with Gasteiger partial charge >= 0.3 is 17.9 Å². The molecule has 122 valence electrons. The second-order valence-electron chi connectivity index (χ2n) is 4.87. The van der Waals surface area contributed by atoms with Crippen LogP contribution in [-0.2, 0) is 28.6 Å². The Hall–Kier alpha value is -1.59. The summed E-state index contributed by atoms with van der Waals surface area (Å²) in [5.74, 6) is -2.10. The molecular formula is C15H26O6. The first-order chi connectivity index (χ1) is 9.86. The van der Waals surface area contributed by atoms with E-state index in [0.717, 1.165) is 0 Å².